The number of likely N-dealkylation sites (tertiary alicyclic amines) is 1. The van der Waals surface area contributed by atoms with Crippen LogP contribution in [0, 0.1) is 5.92 Å². The number of rotatable bonds is 1. The monoisotopic (exact) mass is 337 g/mol. The molecule has 24 heavy (non-hydrogen) atoms. The van der Waals surface area contributed by atoms with Crippen molar-refractivity contribution in [3.63, 3.8) is 0 Å². The second-order valence-corrected chi connectivity index (χ2v) is 8.17. The van der Waals surface area contributed by atoms with Crippen LogP contribution in [0.4, 0.5) is 4.79 Å². The van der Waals surface area contributed by atoms with E-state index in [1.807, 2.05) is 32.6 Å². The minimum atomic E-state index is -1.05. The normalized spacial score (nSPS) is 32.2. The summed E-state index contributed by atoms with van der Waals surface area (Å²) >= 11 is 0. The van der Waals surface area contributed by atoms with Crippen molar-refractivity contribution in [2.24, 2.45) is 10.9 Å². The maximum absolute atomic E-state index is 12.7. The van der Waals surface area contributed by atoms with Crippen molar-refractivity contribution >= 4 is 18.2 Å². The summed E-state index contributed by atoms with van der Waals surface area (Å²) in [6, 6.07) is -0.282. The highest BCUT2D eigenvalue weighted by atomic mass is 16.6. The van der Waals surface area contributed by atoms with Crippen LogP contribution in [-0.2, 0) is 9.53 Å². The Morgan fingerprint density at radius 1 is 1.38 bits per heavy atom. The summed E-state index contributed by atoms with van der Waals surface area (Å²) in [5.74, 6) is -0.328. The highest BCUT2D eigenvalue weighted by Gasteiger charge is 2.54. The second kappa shape index (κ2) is 5.72. The summed E-state index contributed by atoms with van der Waals surface area (Å²) in [6.45, 7) is 8.75. The van der Waals surface area contributed by atoms with E-state index >= 15 is 0 Å². The fraction of sp³-hybridized carbons (Fsp3) is 0.824. The van der Waals surface area contributed by atoms with Gasteiger partial charge in [0.05, 0.1) is 23.9 Å². The lowest BCUT2D eigenvalue weighted by Crippen LogP contribution is -2.53. The molecule has 0 saturated carbocycles. The Morgan fingerprint density at radius 3 is 2.54 bits per heavy atom. The molecular weight excluding hydrogens is 310 g/mol. The van der Waals surface area contributed by atoms with E-state index in [-0.39, 0.29) is 24.0 Å². The molecule has 7 nitrogen and oxygen atoms in total. The van der Waals surface area contributed by atoms with Gasteiger partial charge in [-0.2, -0.15) is 0 Å². The molecule has 3 heterocycles. The van der Waals surface area contributed by atoms with Crippen LogP contribution in [0.3, 0.4) is 0 Å². The number of hydrogen-bond donors (Lipinski definition) is 1. The number of piperidine rings is 1. The van der Waals surface area contributed by atoms with Gasteiger partial charge < -0.3 is 19.6 Å². The molecule has 7 heteroatoms. The van der Waals surface area contributed by atoms with E-state index in [2.05, 4.69) is 4.99 Å². The number of carbonyl (C=O) groups excluding carboxylic acids is 2. The zero-order valence-electron chi connectivity index (χ0n) is 14.9. The van der Waals surface area contributed by atoms with E-state index in [4.69, 9.17) is 4.74 Å². The lowest BCUT2D eigenvalue weighted by molar-refractivity contribution is -0.133. The predicted molar refractivity (Wildman–Crippen MR) is 88.9 cm³/mol. The molecule has 0 aromatic heterocycles. The third-order valence-corrected chi connectivity index (χ3v) is 5.22. The van der Waals surface area contributed by atoms with Crippen LogP contribution in [0.1, 0.15) is 40.5 Å². The SMILES string of the molecule is CC1N=CN2CC(C3(O)CCN(C(=O)OC(C)(C)C)CC3)C(=O)C12. The van der Waals surface area contributed by atoms with Crippen molar-refractivity contribution in [1.82, 2.24) is 9.80 Å². The minimum absolute atomic E-state index is 0.0482. The fourth-order valence-corrected chi connectivity index (χ4v) is 3.88. The van der Waals surface area contributed by atoms with Crippen molar-refractivity contribution < 1.29 is 19.4 Å². The molecule has 0 spiro atoms. The number of amides is 1. The molecule has 2 fully saturated rings. The van der Waals surface area contributed by atoms with Crippen LogP contribution in [0.5, 0.6) is 0 Å². The smallest absolute Gasteiger partial charge is 0.410 e. The Bertz CT molecular complexity index is 561. The number of hydrogen-bond acceptors (Lipinski definition) is 6. The number of nitrogens with zero attached hydrogens (tertiary/aromatic N) is 3. The first-order valence-corrected chi connectivity index (χ1v) is 8.64. The topological polar surface area (TPSA) is 82.4 Å². The quantitative estimate of drug-likeness (QED) is 0.773. The van der Waals surface area contributed by atoms with Crippen molar-refractivity contribution in [1.29, 1.82) is 0 Å². The van der Waals surface area contributed by atoms with Gasteiger partial charge in [0, 0.05) is 19.6 Å². The fourth-order valence-electron chi connectivity index (χ4n) is 3.88. The standard InChI is InChI=1S/C17H27N3O4/c1-11-13-14(21)12(9-20(13)10-18-11)17(23)5-7-19(8-6-17)15(22)24-16(2,3)4/h10-13,23H,5-9H2,1-4H3. The molecule has 3 rings (SSSR count). The van der Waals surface area contributed by atoms with Gasteiger partial charge in [-0.1, -0.05) is 0 Å². The molecule has 0 aromatic carbocycles. The highest BCUT2D eigenvalue weighted by molar-refractivity contribution is 5.94. The lowest BCUT2D eigenvalue weighted by atomic mass is 9.77. The van der Waals surface area contributed by atoms with Crippen LogP contribution in [0.15, 0.2) is 4.99 Å². The summed E-state index contributed by atoms with van der Waals surface area (Å²) in [5, 5.41) is 11.0. The van der Waals surface area contributed by atoms with Gasteiger partial charge in [-0.3, -0.25) is 9.79 Å². The second-order valence-electron chi connectivity index (χ2n) is 8.17. The van der Waals surface area contributed by atoms with Crippen molar-refractivity contribution in [3.8, 4) is 0 Å². The van der Waals surface area contributed by atoms with Crippen LogP contribution < -0.4 is 0 Å². The third kappa shape index (κ3) is 3.01. The first kappa shape index (κ1) is 17.2. The number of Topliss-reactive ketones (excluding diaryl/α,β-unsaturated/α-hetero) is 1. The number of aliphatic imine (C=N–C) groups is 1. The van der Waals surface area contributed by atoms with Crippen LogP contribution >= 0.6 is 0 Å². The molecule has 3 unspecified atom stereocenters. The summed E-state index contributed by atoms with van der Waals surface area (Å²) in [7, 11) is 0. The summed E-state index contributed by atoms with van der Waals surface area (Å²) in [4.78, 5) is 32.7. The van der Waals surface area contributed by atoms with Gasteiger partial charge in [0.15, 0.2) is 5.78 Å². The van der Waals surface area contributed by atoms with Gasteiger partial charge in [0.1, 0.15) is 11.6 Å². The predicted octanol–water partition coefficient (Wildman–Crippen LogP) is 1.05. The largest absolute Gasteiger partial charge is 0.444 e. The number of fused-ring (bicyclic) bond motifs is 1. The van der Waals surface area contributed by atoms with Gasteiger partial charge in [0.25, 0.3) is 0 Å². The molecule has 0 aliphatic carbocycles. The maximum Gasteiger partial charge on any atom is 0.410 e. The molecule has 1 N–H and O–H groups in total. The zero-order chi connectivity index (χ0) is 17.7. The lowest BCUT2D eigenvalue weighted by Gasteiger charge is -2.41. The van der Waals surface area contributed by atoms with Crippen molar-refractivity contribution in [2.75, 3.05) is 19.6 Å². The summed E-state index contributed by atoms with van der Waals surface area (Å²) in [5.41, 5.74) is -1.58. The molecular formula is C17H27N3O4. The Morgan fingerprint density at radius 2 is 2.00 bits per heavy atom. The highest BCUT2D eigenvalue weighted by Crippen LogP contribution is 2.38. The Hall–Kier alpha value is -1.63. The number of aliphatic hydroxyl groups is 1. The maximum atomic E-state index is 12.7. The summed E-state index contributed by atoms with van der Waals surface area (Å²) < 4.78 is 5.38. The van der Waals surface area contributed by atoms with E-state index in [1.54, 1.807) is 11.2 Å². The summed E-state index contributed by atoms with van der Waals surface area (Å²) in [6.07, 6.45) is 2.17. The molecule has 2 saturated heterocycles. The Kier molecular flexibility index (Phi) is 4.10. The van der Waals surface area contributed by atoms with Crippen LogP contribution in [-0.4, -0.2) is 76.0 Å². The van der Waals surface area contributed by atoms with Gasteiger partial charge in [-0.25, -0.2) is 4.79 Å². The molecule has 0 radical (unpaired) electrons. The molecule has 134 valence electrons. The number of carbonyl (C=O) groups is 2. The van der Waals surface area contributed by atoms with Gasteiger partial charge >= 0.3 is 6.09 Å². The first-order valence-electron chi connectivity index (χ1n) is 8.64. The van der Waals surface area contributed by atoms with E-state index in [0.29, 0.717) is 32.5 Å². The average Bonchev–Trinajstić information content (AvgIpc) is 2.99. The minimum Gasteiger partial charge on any atom is -0.444 e. The number of ether oxygens (including phenoxy) is 1. The van der Waals surface area contributed by atoms with Crippen LogP contribution in [0.25, 0.3) is 0 Å². The van der Waals surface area contributed by atoms with E-state index in [9.17, 15) is 14.7 Å². The third-order valence-electron chi connectivity index (χ3n) is 5.22. The van der Waals surface area contributed by atoms with E-state index in [1.165, 1.54) is 0 Å². The first-order chi connectivity index (χ1) is 11.1. The molecule has 3 aliphatic heterocycles. The van der Waals surface area contributed by atoms with E-state index in [0.717, 1.165) is 0 Å². The zero-order valence-corrected chi connectivity index (χ0v) is 14.9. The molecule has 3 atom stereocenters. The molecule has 1 amide bonds. The van der Waals surface area contributed by atoms with Crippen molar-refractivity contribution in [2.45, 2.75) is 63.8 Å². The molecule has 0 aromatic rings. The van der Waals surface area contributed by atoms with Gasteiger partial charge in [-0.05, 0) is 40.5 Å². The van der Waals surface area contributed by atoms with Crippen molar-refractivity contribution in [3.05, 3.63) is 0 Å². The van der Waals surface area contributed by atoms with Crippen LogP contribution in [0.2, 0.25) is 0 Å². The molecule has 3 aliphatic rings. The van der Waals surface area contributed by atoms with Gasteiger partial charge in [0.2, 0.25) is 0 Å². The Balaban J connectivity index is 1.62. The Labute approximate surface area is 142 Å². The van der Waals surface area contributed by atoms with E-state index < -0.39 is 17.1 Å². The molecule has 0 bridgehead atoms. The average molecular weight is 337 g/mol. The van der Waals surface area contributed by atoms with Gasteiger partial charge in [-0.15, -0.1) is 0 Å². The number of ketones is 1.